The highest BCUT2D eigenvalue weighted by Crippen LogP contribution is 2.22. The normalized spacial score (nSPS) is 12.7. The van der Waals surface area contributed by atoms with Crippen LogP contribution in [-0.2, 0) is 26.2 Å². The Hall–Kier alpha value is -2.94. The molecule has 0 radical (unpaired) electrons. The molecule has 7 nitrogen and oxygen atoms in total. The van der Waals surface area contributed by atoms with E-state index in [9.17, 15) is 18.0 Å². The van der Waals surface area contributed by atoms with Crippen molar-refractivity contribution in [2.75, 3.05) is 13.6 Å². The Balaban J connectivity index is 1.86. The maximum absolute atomic E-state index is 13.4. The predicted octanol–water partition coefficient (Wildman–Crippen LogP) is 4.06. The molecular weight excluding hydrogens is 486 g/mol. The number of amides is 2. The van der Waals surface area contributed by atoms with Crippen LogP contribution in [0.5, 0.6) is 0 Å². The third-order valence-corrected chi connectivity index (χ3v) is 7.85. The molecule has 0 heterocycles. The summed E-state index contributed by atoms with van der Waals surface area (Å²) >= 11 is 6.30. The molecule has 2 amide bonds. The highest BCUT2D eigenvalue weighted by molar-refractivity contribution is 7.89. The molecule has 3 aromatic rings. The van der Waals surface area contributed by atoms with Crippen LogP contribution in [-0.4, -0.2) is 55.1 Å². The number of sulfonamides is 1. The Morgan fingerprint density at radius 2 is 1.57 bits per heavy atom. The third-order valence-electron chi connectivity index (χ3n) is 5.68. The number of hydrogen-bond acceptors (Lipinski definition) is 4. The fourth-order valence-electron chi connectivity index (χ4n) is 3.67. The smallest absolute Gasteiger partial charge is 0.243 e. The number of rotatable bonds is 9. The Morgan fingerprint density at radius 3 is 2.23 bits per heavy atom. The summed E-state index contributed by atoms with van der Waals surface area (Å²) in [4.78, 5) is 27.6. The molecule has 3 rings (SSSR count). The molecule has 0 aliphatic heterocycles. The molecule has 3 aromatic carbocycles. The van der Waals surface area contributed by atoms with E-state index < -0.39 is 28.5 Å². The molecule has 0 aliphatic rings. The van der Waals surface area contributed by atoms with Crippen LogP contribution in [0.2, 0.25) is 5.02 Å². The highest BCUT2D eigenvalue weighted by Gasteiger charge is 2.30. The lowest BCUT2D eigenvalue weighted by atomic mass is 10.1. The van der Waals surface area contributed by atoms with Crippen LogP contribution in [0.1, 0.15) is 26.3 Å². The number of nitrogens with one attached hydrogen (secondary N) is 1. The summed E-state index contributed by atoms with van der Waals surface area (Å²) in [5, 5.41) is 4.97. The van der Waals surface area contributed by atoms with Crippen molar-refractivity contribution in [2.45, 2.75) is 44.3 Å². The van der Waals surface area contributed by atoms with Crippen LogP contribution in [0.3, 0.4) is 0 Å². The first-order valence-corrected chi connectivity index (χ1v) is 13.1. The number of benzene rings is 3. The zero-order valence-corrected chi connectivity index (χ0v) is 21.8. The van der Waals surface area contributed by atoms with E-state index in [0.29, 0.717) is 10.6 Å². The number of hydrogen-bond donors (Lipinski definition) is 1. The minimum atomic E-state index is -3.95. The summed E-state index contributed by atoms with van der Waals surface area (Å²) in [6, 6.07) is 18.4. The van der Waals surface area contributed by atoms with E-state index in [-0.39, 0.29) is 23.4 Å². The Kier molecular flexibility index (Phi) is 8.53. The van der Waals surface area contributed by atoms with Crippen molar-refractivity contribution in [3.8, 4) is 0 Å². The zero-order valence-electron chi connectivity index (χ0n) is 20.2. The van der Waals surface area contributed by atoms with Gasteiger partial charge >= 0.3 is 0 Å². The van der Waals surface area contributed by atoms with Gasteiger partial charge in [-0.05, 0) is 55.3 Å². The monoisotopic (exact) mass is 515 g/mol. The molecule has 1 N–H and O–H groups in total. The van der Waals surface area contributed by atoms with Gasteiger partial charge in [-0.2, -0.15) is 4.31 Å². The molecule has 35 heavy (non-hydrogen) atoms. The van der Waals surface area contributed by atoms with Crippen LogP contribution in [0.25, 0.3) is 10.8 Å². The summed E-state index contributed by atoms with van der Waals surface area (Å²) < 4.78 is 27.5. The van der Waals surface area contributed by atoms with E-state index in [4.69, 9.17) is 11.6 Å². The molecule has 186 valence electrons. The molecule has 0 bridgehead atoms. The summed E-state index contributed by atoms with van der Waals surface area (Å²) in [5.74, 6) is -0.844. The number of nitrogens with zero attached hydrogens (tertiary/aromatic N) is 2. The standard InChI is InChI=1S/C26H30ClN3O4S/c1-18(2)28-26(32)19(3)30(16-22-11-7-8-12-24(22)27)25(31)17-29(4)35(33,34)23-14-13-20-9-5-6-10-21(20)15-23/h5-15,18-19H,16-17H2,1-4H3,(H,28,32)/t19-/m0/s1. The van der Waals surface area contributed by atoms with Gasteiger partial charge in [0.2, 0.25) is 21.8 Å². The van der Waals surface area contributed by atoms with Crippen molar-refractivity contribution in [3.05, 3.63) is 77.3 Å². The molecular formula is C26H30ClN3O4S. The van der Waals surface area contributed by atoms with E-state index in [0.717, 1.165) is 15.1 Å². The minimum Gasteiger partial charge on any atom is -0.352 e. The summed E-state index contributed by atoms with van der Waals surface area (Å²) in [7, 11) is -2.59. The van der Waals surface area contributed by atoms with Crippen LogP contribution >= 0.6 is 11.6 Å². The Morgan fingerprint density at radius 1 is 0.943 bits per heavy atom. The van der Waals surface area contributed by atoms with Crippen molar-refractivity contribution < 1.29 is 18.0 Å². The molecule has 0 fully saturated rings. The summed E-state index contributed by atoms with van der Waals surface area (Å²) in [5.41, 5.74) is 0.659. The highest BCUT2D eigenvalue weighted by atomic mass is 35.5. The van der Waals surface area contributed by atoms with Gasteiger partial charge in [-0.25, -0.2) is 8.42 Å². The van der Waals surface area contributed by atoms with Gasteiger partial charge in [0.15, 0.2) is 0 Å². The van der Waals surface area contributed by atoms with E-state index >= 15 is 0 Å². The first-order valence-electron chi connectivity index (χ1n) is 11.3. The second kappa shape index (κ2) is 11.2. The van der Waals surface area contributed by atoms with E-state index in [1.807, 2.05) is 38.1 Å². The van der Waals surface area contributed by atoms with Crippen LogP contribution < -0.4 is 5.32 Å². The van der Waals surface area contributed by atoms with Gasteiger partial charge in [0.1, 0.15) is 6.04 Å². The fraction of sp³-hybridized carbons (Fsp3) is 0.308. The second-order valence-electron chi connectivity index (χ2n) is 8.72. The fourth-order valence-corrected chi connectivity index (χ4v) is 5.02. The largest absolute Gasteiger partial charge is 0.352 e. The Labute approximate surface area is 211 Å². The van der Waals surface area contributed by atoms with Crippen LogP contribution in [0, 0.1) is 0 Å². The maximum atomic E-state index is 13.4. The number of halogens is 1. The van der Waals surface area contributed by atoms with Crippen molar-refractivity contribution in [1.82, 2.24) is 14.5 Å². The molecule has 0 aliphatic carbocycles. The van der Waals surface area contributed by atoms with Crippen molar-refractivity contribution >= 4 is 44.2 Å². The topological polar surface area (TPSA) is 86.8 Å². The summed E-state index contributed by atoms with van der Waals surface area (Å²) in [6.45, 7) is 4.90. The zero-order chi connectivity index (χ0) is 25.8. The number of fused-ring (bicyclic) bond motifs is 1. The quantitative estimate of drug-likeness (QED) is 0.465. The first kappa shape index (κ1) is 26.7. The van der Waals surface area contributed by atoms with E-state index in [1.165, 1.54) is 18.0 Å². The average Bonchev–Trinajstić information content (AvgIpc) is 2.82. The van der Waals surface area contributed by atoms with Gasteiger partial charge in [-0.1, -0.05) is 60.1 Å². The van der Waals surface area contributed by atoms with Crippen LogP contribution in [0.4, 0.5) is 0 Å². The SMILES string of the molecule is CC(C)NC(=O)[C@H](C)N(Cc1ccccc1Cl)C(=O)CN(C)S(=O)(=O)c1ccc2ccccc2c1. The van der Waals surface area contributed by atoms with Gasteiger partial charge in [0.05, 0.1) is 11.4 Å². The second-order valence-corrected chi connectivity index (χ2v) is 11.2. The summed E-state index contributed by atoms with van der Waals surface area (Å²) in [6.07, 6.45) is 0. The lowest BCUT2D eigenvalue weighted by Gasteiger charge is -2.31. The Bertz CT molecular complexity index is 1330. The minimum absolute atomic E-state index is 0.0645. The van der Waals surface area contributed by atoms with Gasteiger partial charge < -0.3 is 10.2 Å². The predicted molar refractivity (Wildman–Crippen MR) is 139 cm³/mol. The van der Waals surface area contributed by atoms with Gasteiger partial charge in [-0.15, -0.1) is 0 Å². The number of likely N-dealkylation sites (N-methyl/N-ethyl adjacent to an activating group) is 1. The van der Waals surface area contributed by atoms with Crippen LogP contribution in [0.15, 0.2) is 71.6 Å². The third kappa shape index (κ3) is 6.39. The lowest BCUT2D eigenvalue weighted by molar-refractivity contribution is -0.140. The molecule has 0 saturated heterocycles. The maximum Gasteiger partial charge on any atom is 0.243 e. The molecule has 0 unspecified atom stereocenters. The van der Waals surface area contributed by atoms with Crippen molar-refractivity contribution in [3.63, 3.8) is 0 Å². The molecule has 9 heteroatoms. The molecule has 0 spiro atoms. The molecule has 0 aromatic heterocycles. The van der Waals surface area contributed by atoms with Crippen molar-refractivity contribution in [1.29, 1.82) is 0 Å². The molecule has 0 saturated carbocycles. The van der Waals surface area contributed by atoms with Gasteiger partial charge in [-0.3, -0.25) is 9.59 Å². The lowest BCUT2D eigenvalue weighted by Crippen LogP contribution is -2.51. The van der Waals surface area contributed by atoms with Gasteiger partial charge in [0, 0.05) is 24.7 Å². The van der Waals surface area contributed by atoms with E-state index in [1.54, 1.807) is 43.3 Å². The number of carbonyl (C=O) groups excluding carboxylic acids is 2. The molecule has 1 atom stereocenters. The first-order chi connectivity index (χ1) is 16.5. The van der Waals surface area contributed by atoms with Crippen molar-refractivity contribution in [2.24, 2.45) is 0 Å². The average molecular weight is 516 g/mol. The number of carbonyl (C=O) groups is 2. The van der Waals surface area contributed by atoms with E-state index in [2.05, 4.69) is 5.32 Å². The van der Waals surface area contributed by atoms with Gasteiger partial charge in [0.25, 0.3) is 0 Å².